The highest BCUT2D eigenvalue weighted by Gasteiger charge is 2.28. The summed E-state index contributed by atoms with van der Waals surface area (Å²) >= 11 is 0. The zero-order chi connectivity index (χ0) is 17.5. The summed E-state index contributed by atoms with van der Waals surface area (Å²) in [4.78, 5) is 0. The van der Waals surface area contributed by atoms with Crippen molar-refractivity contribution in [1.29, 1.82) is 0 Å². The monoisotopic (exact) mass is 359 g/mol. The van der Waals surface area contributed by atoms with Crippen LogP contribution in [-0.4, -0.2) is 37.7 Å². The standard InChI is InChI=1S/C20H25NO3S/c22-25(23,17-7-10-18-8-3-1-4-9-18)21-15-13-20(14-16-21)24-19-11-5-2-6-12-19/h1-6,8-9,11-12,20H,7,10,13-17H2. The van der Waals surface area contributed by atoms with Crippen LogP contribution in [0.5, 0.6) is 5.75 Å². The summed E-state index contributed by atoms with van der Waals surface area (Å²) in [6.45, 7) is 1.09. The minimum absolute atomic E-state index is 0.0955. The number of aryl methyl sites for hydroxylation is 1. The van der Waals surface area contributed by atoms with Gasteiger partial charge in [0.2, 0.25) is 10.0 Å². The molecule has 0 radical (unpaired) electrons. The molecule has 1 aliphatic rings. The van der Waals surface area contributed by atoms with Gasteiger partial charge in [0, 0.05) is 13.1 Å². The predicted molar refractivity (Wildman–Crippen MR) is 100 cm³/mol. The highest BCUT2D eigenvalue weighted by atomic mass is 32.2. The Bertz CT molecular complexity index is 739. The highest BCUT2D eigenvalue weighted by molar-refractivity contribution is 7.89. The van der Waals surface area contributed by atoms with Gasteiger partial charge in [-0.1, -0.05) is 48.5 Å². The second kappa shape index (κ2) is 8.50. The second-order valence-electron chi connectivity index (χ2n) is 6.43. The Morgan fingerprint density at radius 1 is 0.920 bits per heavy atom. The molecule has 4 nitrogen and oxygen atoms in total. The van der Waals surface area contributed by atoms with Crippen molar-refractivity contribution in [2.24, 2.45) is 0 Å². The van der Waals surface area contributed by atoms with Crippen molar-refractivity contribution in [3.8, 4) is 5.75 Å². The van der Waals surface area contributed by atoms with Crippen molar-refractivity contribution < 1.29 is 13.2 Å². The molecule has 0 spiro atoms. The summed E-state index contributed by atoms with van der Waals surface area (Å²) in [5.74, 6) is 1.07. The van der Waals surface area contributed by atoms with Gasteiger partial charge in [0.1, 0.15) is 11.9 Å². The quantitative estimate of drug-likeness (QED) is 0.760. The summed E-state index contributed by atoms with van der Waals surface area (Å²) in [6, 6.07) is 19.8. The lowest BCUT2D eigenvalue weighted by atomic mass is 10.1. The number of sulfonamides is 1. The fraction of sp³-hybridized carbons (Fsp3) is 0.400. The predicted octanol–water partition coefficient (Wildman–Crippen LogP) is 3.49. The van der Waals surface area contributed by atoms with Crippen molar-refractivity contribution in [2.75, 3.05) is 18.8 Å². The molecule has 1 fully saturated rings. The number of hydrogen-bond acceptors (Lipinski definition) is 3. The smallest absolute Gasteiger partial charge is 0.214 e. The summed E-state index contributed by atoms with van der Waals surface area (Å²) < 4.78 is 32.6. The molecule has 0 atom stereocenters. The zero-order valence-corrected chi connectivity index (χ0v) is 15.2. The molecule has 0 N–H and O–H groups in total. The average molecular weight is 359 g/mol. The molecule has 0 unspecified atom stereocenters. The first kappa shape index (κ1) is 18.0. The second-order valence-corrected chi connectivity index (χ2v) is 8.52. The Morgan fingerprint density at radius 2 is 1.52 bits per heavy atom. The van der Waals surface area contributed by atoms with Crippen molar-refractivity contribution in [3.05, 3.63) is 66.2 Å². The molecule has 0 aromatic heterocycles. The van der Waals surface area contributed by atoms with Crippen LogP contribution in [0.3, 0.4) is 0 Å². The molecular formula is C20H25NO3S. The third-order valence-corrected chi connectivity index (χ3v) is 6.51. The van der Waals surface area contributed by atoms with E-state index >= 15 is 0 Å². The van der Waals surface area contributed by atoms with Gasteiger partial charge in [0.25, 0.3) is 0 Å². The largest absolute Gasteiger partial charge is 0.490 e. The van der Waals surface area contributed by atoms with E-state index in [9.17, 15) is 8.42 Å². The zero-order valence-electron chi connectivity index (χ0n) is 14.4. The van der Waals surface area contributed by atoms with Crippen LogP contribution in [0.15, 0.2) is 60.7 Å². The van der Waals surface area contributed by atoms with Gasteiger partial charge in [0.15, 0.2) is 0 Å². The van der Waals surface area contributed by atoms with Crippen LogP contribution < -0.4 is 4.74 Å². The van der Waals surface area contributed by atoms with Gasteiger partial charge in [-0.15, -0.1) is 0 Å². The third kappa shape index (κ3) is 5.31. The summed E-state index contributed by atoms with van der Waals surface area (Å²) in [5.41, 5.74) is 1.19. The Balaban J connectivity index is 1.44. The molecule has 5 heteroatoms. The van der Waals surface area contributed by atoms with Gasteiger partial charge in [-0.2, -0.15) is 0 Å². The summed E-state index contributed by atoms with van der Waals surface area (Å²) in [6.07, 6.45) is 3.04. The number of piperidine rings is 1. The molecule has 0 saturated carbocycles. The fourth-order valence-electron chi connectivity index (χ4n) is 3.15. The fourth-order valence-corrected chi connectivity index (χ4v) is 4.69. The first-order valence-electron chi connectivity index (χ1n) is 8.87. The van der Waals surface area contributed by atoms with Crippen LogP contribution >= 0.6 is 0 Å². The van der Waals surface area contributed by atoms with E-state index in [0.29, 0.717) is 19.5 Å². The topological polar surface area (TPSA) is 46.6 Å². The van der Waals surface area contributed by atoms with E-state index in [2.05, 4.69) is 0 Å². The number of nitrogens with zero attached hydrogens (tertiary/aromatic N) is 1. The van der Waals surface area contributed by atoms with Gasteiger partial charge >= 0.3 is 0 Å². The van der Waals surface area contributed by atoms with E-state index in [0.717, 1.165) is 25.0 Å². The van der Waals surface area contributed by atoms with Crippen molar-refractivity contribution in [2.45, 2.75) is 31.8 Å². The van der Waals surface area contributed by atoms with E-state index in [4.69, 9.17) is 4.74 Å². The van der Waals surface area contributed by atoms with Gasteiger partial charge in [0.05, 0.1) is 5.75 Å². The lowest BCUT2D eigenvalue weighted by molar-refractivity contribution is 0.135. The molecule has 2 aromatic rings. The maximum Gasteiger partial charge on any atom is 0.214 e. The minimum Gasteiger partial charge on any atom is -0.490 e. The number of benzene rings is 2. The maximum absolute atomic E-state index is 12.5. The van der Waals surface area contributed by atoms with Crippen LogP contribution in [0.2, 0.25) is 0 Å². The molecule has 0 aliphatic carbocycles. The highest BCUT2D eigenvalue weighted by Crippen LogP contribution is 2.21. The molecule has 134 valence electrons. The first-order valence-corrected chi connectivity index (χ1v) is 10.5. The van der Waals surface area contributed by atoms with Crippen molar-refractivity contribution in [3.63, 3.8) is 0 Å². The van der Waals surface area contributed by atoms with Crippen LogP contribution in [0.25, 0.3) is 0 Å². The van der Waals surface area contributed by atoms with Gasteiger partial charge in [-0.3, -0.25) is 0 Å². The number of para-hydroxylation sites is 1. The lowest BCUT2D eigenvalue weighted by Crippen LogP contribution is -2.42. The SMILES string of the molecule is O=S(=O)(CCCc1ccccc1)N1CCC(Oc2ccccc2)CC1. The molecule has 2 aromatic carbocycles. The average Bonchev–Trinajstić information content (AvgIpc) is 2.64. The Labute approximate surface area is 150 Å². The van der Waals surface area contributed by atoms with Crippen LogP contribution in [0.4, 0.5) is 0 Å². The Morgan fingerprint density at radius 3 is 2.16 bits per heavy atom. The summed E-state index contributed by atoms with van der Waals surface area (Å²) in [5, 5.41) is 0. The number of rotatable bonds is 7. The molecule has 0 amide bonds. The van der Waals surface area contributed by atoms with Gasteiger partial charge in [-0.25, -0.2) is 12.7 Å². The molecule has 1 heterocycles. The van der Waals surface area contributed by atoms with Crippen LogP contribution in [0, 0.1) is 0 Å². The first-order chi connectivity index (χ1) is 12.1. The van der Waals surface area contributed by atoms with E-state index in [1.807, 2.05) is 60.7 Å². The molecule has 1 saturated heterocycles. The molecule has 3 rings (SSSR count). The maximum atomic E-state index is 12.5. The lowest BCUT2D eigenvalue weighted by Gasteiger charge is -2.31. The van der Waals surface area contributed by atoms with E-state index in [1.165, 1.54) is 5.56 Å². The van der Waals surface area contributed by atoms with Crippen molar-refractivity contribution in [1.82, 2.24) is 4.31 Å². The number of ether oxygens (including phenoxy) is 1. The molecule has 25 heavy (non-hydrogen) atoms. The van der Waals surface area contributed by atoms with E-state index in [-0.39, 0.29) is 11.9 Å². The Kier molecular flexibility index (Phi) is 6.10. The van der Waals surface area contributed by atoms with Gasteiger partial charge < -0.3 is 4.74 Å². The Hall–Kier alpha value is -1.85. The minimum atomic E-state index is -3.17. The van der Waals surface area contributed by atoms with Crippen molar-refractivity contribution >= 4 is 10.0 Å². The molecule has 0 bridgehead atoms. The molecular weight excluding hydrogens is 334 g/mol. The third-order valence-electron chi connectivity index (χ3n) is 4.55. The van der Waals surface area contributed by atoms with E-state index < -0.39 is 10.0 Å². The number of hydrogen-bond donors (Lipinski definition) is 0. The summed E-state index contributed by atoms with van der Waals surface area (Å²) in [7, 11) is -3.17. The normalized spacial score (nSPS) is 16.6. The molecule has 1 aliphatic heterocycles. The van der Waals surface area contributed by atoms with Gasteiger partial charge in [-0.05, 0) is 43.4 Å². The van der Waals surface area contributed by atoms with Crippen LogP contribution in [-0.2, 0) is 16.4 Å². The van der Waals surface area contributed by atoms with E-state index in [1.54, 1.807) is 4.31 Å². The van der Waals surface area contributed by atoms with Crippen LogP contribution in [0.1, 0.15) is 24.8 Å².